The van der Waals surface area contributed by atoms with Crippen molar-refractivity contribution < 1.29 is 28.6 Å². The lowest BCUT2D eigenvalue weighted by molar-refractivity contribution is -0.167. The molecule has 0 heterocycles. The second-order valence-corrected chi connectivity index (χ2v) is 24.9. The van der Waals surface area contributed by atoms with Crippen LogP contribution in [0.4, 0.5) is 0 Å². The minimum absolute atomic E-state index is 0.0734. The van der Waals surface area contributed by atoms with E-state index in [1.54, 1.807) is 0 Å². The third-order valence-corrected chi connectivity index (χ3v) is 16.6. The number of hydrogen-bond acceptors (Lipinski definition) is 6. The van der Waals surface area contributed by atoms with Gasteiger partial charge in [0.25, 0.3) is 0 Å². The largest absolute Gasteiger partial charge is 0.462 e. The maximum Gasteiger partial charge on any atom is 0.306 e. The topological polar surface area (TPSA) is 78.9 Å². The van der Waals surface area contributed by atoms with E-state index < -0.39 is 6.10 Å². The molecule has 0 saturated heterocycles. The molecule has 0 bridgehead atoms. The molecular weight excluding hydrogens is 1010 g/mol. The van der Waals surface area contributed by atoms with E-state index in [0.717, 1.165) is 77.0 Å². The van der Waals surface area contributed by atoms with Crippen LogP contribution in [0.15, 0.2) is 48.6 Å². The molecule has 0 amide bonds. The van der Waals surface area contributed by atoms with Crippen molar-refractivity contribution in [1.82, 2.24) is 0 Å². The Morgan fingerprint density at radius 1 is 0.244 bits per heavy atom. The smallest absolute Gasteiger partial charge is 0.306 e. The van der Waals surface area contributed by atoms with Crippen molar-refractivity contribution in [2.24, 2.45) is 0 Å². The summed E-state index contributed by atoms with van der Waals surface area (Å²) in [4.78, 5) is 38.4. The molecular formula is C76H140O6. The molecule has 0 rings (SSSR count). The summed E-state index contributed by atoms with van der Waals surface area (Å²) in [6, 6.07) is 0. The molecule has 1 unspecified atom stereocenters. The number of esters is 3. The minimum atomic E-state index is -0.778. The fourth-order valence-corrected chi connectivity index (χ4v) is 11.0. The van der Waals surface area contributed by atoms with Crippen molar-refractivity contribution in [2.75, 3.05) is 13.2 Å². The van der Waals surface area contributed by atoms with Crippen molar-refractivity contribution in [2.45, 2.75) is 406 Å². The van der Waals surface area contributed by atoms with Gasteiger partial charge in [-0.1, -0.05) is 345 Å². The Hall–Kier alpha value is -2.63. The Morgan fingerprint density at radius 3 is 0.720 bits per heavy atom. The number of rotatable bonds is 68. The standard InChI is InChI=1S/C76H140O6/c1-4-7-10-13-16-19-22-25-28-30-32-33-34-35-36-37-38-39-40-41-42-43-45-46-48-51-54-57-60-63-66-69-75(78)81-72-73(71-80-74(77)68-65-62-59-56-53-50-27-24-21-18-15-12-9-6-3)82-76(79)70-67-64-61-58-55-52-49-47-44-31-29-26-23-20-17-14-11-8-5-2/h17,20,26,29-30,32,44,47,73H,4-16,18-19,21-25,27-28,31,33-43,45-46,48-72H2,1-3H3/b20-17-,29-26-,32-30-,47-44-. The molecule has 0 aliphatic carbocycles. The molecule has 0 aromatic carbocycles. The number of allylic oxidation sites excluding steroid dienone is 8. The zero-order chi connectivity index (χ0) is 59.2. The first-order valence-electron chi connectivity index (χ1n) is 36.6. The van der Waals surface area contributed by atoms with Crippen LogP contribution in [0.1, 0.15) is 400 Å². The Balaban J connectivity index is 4.19. The Labute approximate surface area is 511 Å². The molecule has 0 aromatic heterocycles. The third kappa shape index (κ3) is 68.2. The number of carbonyl (C=O) groups is 3. The summed E-state index contributed by atoms with van der Waals surface area (Å²) in [5.74, 6) is -0.858. The number of ether oxygens (including phenoxy) is 3. The summed E-state index contributed by atoms with van der Waals surface area (Å²) in [6.07, 6.45) is 90.1. The van der Waals surface area contributed by atoms with Crippen molar-refractivity contribution >= 4 is 17.9 Å². The molecule has 6 nitrogen and oxygen atoms in total. The quantitative estimate of drug-likeness (QED) is 0.0261. The fourth-order valence-electron chi connectivity index (χ4n) is 11.0. The Kier molecular flexibility index (Phi) is 68.6. The lowest BCUT2D eigenvalue weighted by Crippen LogP contribution is -2.30. The van der Waals surface area contributed by atoms with Crippen LogP contribution in [0.5, 0.6) is 0 Å². The summed E-state index contributed by atoms with van der Waals surface area (Å²) >= 11 is 0. The highest BCUT2D eigenvalue weighted by molar-refractivity contribution is 5.71. The van der Waals surface area contributed by atoms with Gasteiger partial charge < -0.3 is 14.2 Å². The van der Waals surface area contributed by atoms with Gasteiger partial charge in [0.05, 0.1) is 0 Å². The number of carbonyl (C=O) groups excluding carboxylic acids is 3. The average molecular weight is 1150 g/mol. The highest BCUT2D eigenvalue weighted by Crippen LogP contribution is 2.18. The lowest BCUT2D eigenvalue weighted by atomic mass is 10.0. The molecule has 0 saturated carbocycles. The van der Waals surface area contributed by atoms with Gasteiger partial charge in [0.1, 0.15) is 13.2 Å². The molecule has 0 spiro atoms. The van der Waals surface area contributed by atoms with E-state index in [0.29, 0.717) is 19.3 Å². The second kappa shape index (κ2) is 70.9. The van der Waals surface area contributed by atoms with Gasteiger partial charge in [-0.05, 0) is 83.5 Å². The van der Waals surface area contributed by atoms with E-state index in [1.807, 2.05) is 0 Å². The average Bonchev–Trinajstić information content (AvgIpc) is 3.47. The first-order chi connectivity index (χ1) is 40.5. The normalized spacial score (nSPS) is 12.3. The van der Waals surface area contributed by atoms with Gasteiger partial charge in [-0.25, -0.2) is 0 Å². The van der Waals surface area contributed by atoms with Crippen LogP contribution in [0, 0.1) is 0 Å². The van der Waals surface area contributed by atoms with Crippen LogP contribution in [0.2, 0.25) is 0 Å². The van der Waals surface area contributed by atoms with Crippen LogP contribution < -0.4 is 0 Å². The molecule has 0 aliphatic heterocycles. The third-order valence-electron chi connectivity index (χ3n) is 16.6. The first kappa shape index (κ1) is 79.4. The van der Waals surface area contributed by atoms with Crippen LogP contribution in [-0.4, -0.2) is 37.2 Å². The van der Waals surface area contributed by atoms with Crippen molar-refractivity contribution in [1.29, 1.82) is 0 Å². The zero-order valence-corrected chi connectivity index (χ0v) is 55.3. The summed E-state index contributed by atoms with van der Waals surface area (Å²) in [5, 5.41) is 0. The van der Waals surface area contributed by atoms with E-state index in [2.05, 4.69) is 69.4 Å². The van der Waals surface area contributed by atoms with Gasteiger partial charge in [0.2, 0.25) is 0 Å². The lowest BCUT2D eigenvalue weighted by Gasteiger charge is -2.18. The predicted octanol–water partition coefficient (Wildman–Crippen LogP) is 25.3. The second-order valence-electron chi connectivity index (χ2n) is 24.9. The van der Waals surface area contributed by atoms with E-state index in [9.17, 15) is 14.4 Å². The number of unbranched alkanes of at least 4 members (excludes halogenated alkanes) is 49. The van der Waals surface area contributed by atoms with Crippen LogP contribution in [0.3, 0.4) is 0 Å². The Morgan fingerprint density at radius 2 is 0.439 bits per heavy atom. The predicted molar refractivity (Wildman–Crippen MR) is 358 cm³/mol. The summed E-state index contributed by atoms with van der Waals surface area (Å²) in [5.41, 5.74) is 0. The molecule has 0 aromatic rings. The maximum absolute atomic E-state index is 12.9. The van der Waals surface area contributed by atoms with Crippen molar-refractivity contribution in [3.8, 4) is 0 Å². The molecule has 82 heavy (non-hydrogen) atoms. The van der Waals surface area contributed by atoms with Crippen LogP contribution >= 0.6 is 0 Å². The number of hydrogen-bond donors (Lipinski definition) is 0. The monoisotopic (exact) mass is 1150 g/mol. The highest BCUT2D eigenvalue weighted by atomic mass is 16.6. The molecule has 0 N–H and O–H groups in total. The summed E-state index contributed by atoms with van der Waals surface area (Å²) in [7, 11) is 0. The van der Waals surface area contributed by atoms with Gasteiger partial charge in [0.15, 0.2) is 6.10 Å². The SMILES string of the molecule is CCCCC/C=C\C/C=C\C/C=C\CCCCCCCCC(=O)OC(COC(=O)CCCCCCCCCCCCCCCC)COC(=O)CCCCCCCCCCCCCCCCCCCCC/C=C\CCCCCCCCCC. The van der Waals surface area contributed by atoms with Crippen molar-refractivity contribution in [3.63, 3.8) is 0 Å². The van der Waals surface area contributed by atoms with E-state index >= 15 is 0 Å². The molecule has 6 heteroatoms. The van der Waals surface area contributed by atoms with Crippen LogP contribution in [0.25, 0.3) is 0 Å². The fraction of sp³-hybridized carbons (Fsp3) is 0.855. The van der Waals surface area contributed by atoms with Gasteiger partial charge in [-0.15, -0.1) is 0 Å². The van der Waals surface area contributed by atoms with Gasteiger partial charge in [0, 0.05) is 19.3 Å². The maximum atomic E-state index is 12.9. The summed E-state index contributed by atoms with van der Waals surface area (Å²) < 4.78 is 17.0. The zero-order valence-electron chi connectivity index (χ0n) is 55.3. The van der Waals surface area contributed by atoms with Crippen LogP contribution in [-0.2, 0) is 28.6 Å². The summed E-state index contributed by atoms with van der Waals surface area (Å²) in [6.45, 7) is 6.67. The minimum Gasteiger partial charge on any atom is -0.462 e. The van der Waals surface area contributed by atoms with Crippen molar-refractivity contribution in [3.05, 3.63) is 48.6 Å². The van der Waals surface area contributed by atoms with Gasteiger partial charge in [-0.2, -0.15) is 0 Å². The molecule has 0 radical (unpaired) electrons. The molecule has 0 fully saturated rings. The van der Waals surface area contributed by atoms with E-state index in [-0.39, 0.29) is 31.1 Å². The molecule has 0 aliphatic rings. The first-order valence-corrected chi connectivity index (χ1v) is 36.6. The highest BCUT2D eigenvalue weighted by Gasteiger charge is 2.19. The molecule has 480 valence electrons. The van der Waals surface area contributed by atoms with Gasteiger partial charge in [-0.3, -0.25) is 14.4 Å². The molecule has 1 atom stereocenters. The van der Waals surface area contributed by atoms with E-state index in [1.165, 1.54) is 283 Å². The van der Waals surface area contributed by atoms with Gasteiger partial charge >= 0.3 is 17.9 Å². The van der Waals surface area contributed by atoms with E-state index in [4.69, 9.17) is 14.2 Å². The Bertz CT molecular complexity index is 1410.